The van der Waals surface area contributed by atoms with E-state index in [9.17, 15) is 4.79 Å². The van der Waals surface area contributed by atoms with Gasteiger partial charge in [-0.25, -0.2) is 4.68 Å². The summed E-state index contributed by atoms with van der Waals surface area (Å²) in [6.45, 7) is 3.66. The van der Waals surface area contributed by atoms with Crippen molar-refractivity contribution in [1.29, 1.82) is 0 Å². The van der Waals surface area contributed by atoms with Gasteiger partial charge < -0.3 is 0 Å². The van der Waals surface area contributed by atoms with Crippen LogP contribution in [0.4, 0.5) is 5.13 Å². The average molecular weight is 334 g/mol. The van der Waals surface area contributed by atoms with Crippen LogP contribution in [0, 0.1) is 13.8 Å². The van der Waals surface area contributed by atoms with Crippen LogP contribution in [-0.2, 0) is 0 Å². The van der Waals surface area contributed by atoms with Crippen LogP contribution in [0.15, 0.2) is 30.5 Å². The third-order valence-corrected chi connectivity index (χ3v) is 4.04. The van der Waals surface area contributed by atoms with Crippen LogP contribution in [0.2, 0.25) is 5.02 Å². The van der Waals surface area contributed by atoms with Gasteiger partial charge in [-0.3, -0.25) is 10.1 Å². The molecule has 0 fully saturated rings. The number of rotatable bonds is 3. The van der Waals surface area contributed by atoms with Crippen molar-refractivity contribution in [2.24, 2.45) is 0 Å². The highest BCUT2D eigenvalue weighted by Gasteiger charge is 2.16. The molecule has 1 amide bonds. The summed E-state index contributed by atoms with van der Waals surface area (Å²) in [6.07, 6.45) is 1.53. The minimum absolute atomic E-state index is 0.262. The van der Waals surface area contributed by atoms with Gasteiger partial charge in [0.05, 0.1) is 23.1 Å². The molecule has 3 rings (SSSR count). The molecule has 2 aromatic heterocycles. The van der Waals surface area contributed by atoms with Crippen LogP contribution in [0.25, 0.3) is 5.69 Å². The number of hydrogen-bond donors (Lipinski definition) is 1. The molecule has 1 N–H and O–H groups in total. The zero-order chi connectivity index (χ0) is 15.7. The van der Waals surface area contributed by atoms with Crippen molar-refractivity contribution >= 4 is 34.0 Å². The predicted molar refractivity (Wildman–Crippen MR) is 85.9 cm³/mol. The van der Waals surface area contributed by atoms with Crippen LogP contribution in [0.3, 0.4) is 0 Å². The molecule has 0 radical (unpaired) electrons. The van der Waals surface area contributed by atoms with E-state index in [1.165, 1.54) is 17.5 Å². The Labute approximate surface area is 135 Å². The number of anilines is 1. The number of nitrogens with zero attached hydrogens (tertiary/aromatic N) is 4. The number of aryl methyl sites for hydroxylation is 1. The smallest absolute Gasteiger partial charge is 0.260 e. The maximum atomic E-state index is 12.3. The van der Waals surface area contributed by atoms with Gasteiger partial charge in [0, 0.05) is 5.02 Å². The van der Waals surface area contributed by atoms with Crippen molar-refractivity contribution in [1.82, 2.24) is 20.0 Å². The highest BCUT2D eigenvalue weighted by Crippen LogP contribution is 2.20. The maximum absolute atomic E-state index is 12.3. The third kappa shape index (κ3) is 2.86. The Morgan fingerprint density at radius 1 is 1.32 bits per heavy atom. The van der Waals surface area contributed by atoms with Crippen molar-refractivity contribution in [3.63, 3.8) is 0 Å². The fourth-order valence-electron chi connectivity index (χ4n) is 2.01. The minimum Gasteiger partial charge on any atom is -0.296 e. The Morgan fingerprint density at radius 2 is 2.14 bits per heavy atom. The number of carbonyl (C=O) groups is 1. The van der Waals surface area contributed by atoms with E-state index in [0.29, 0.717) is 15.7 Å². The van der Waals surface area contributed by atoms with E-state index in [1.807, 2.05) is 26.0 Å². The van der Waals surface area contributed by atoms with Crippen LogP contribution in [-0.4, -0.2) is 25.9 Å². The molecule has 3 aromatic rings. The van der Waals surface area contributed by atoms with E-state index in [4.69, 9.17) is 11.6 Å². The first-order chi connectivity index (χ1) is 10.5. The predicted octanol–water partition coefficient (Wildman–Crippen LogP) is 3.25. The zero-order valence-corrected chi connectivity index (χ0v) is 13.4. The Kier molecular flexibility index (Phi) is 3.91. The highest BCUT2D eigenvalue weighted by atomic mass is 35.5. The molecular formula is C14H12ClN5OS. The molecule has 0 atom stereocenters. The molecule has 0 saturated carbocycles. The maximum Gasteiger partial charge on any atom is 0.260 e. The lowest BCUT2D eigenvalue weighted by atomic mass is 10.2. The minimum atomic E-state index is -0.262. The highest BCUT2D eigenvalue weighted by molar-refractivity contribution is 7.15. The summed E-state index contributed by atoms with van der Waals surface area (Å²) < 4.78 is 1.67. The molecule has 0 bridgehead atoms. The molecule has 0 spiro atoms. The summed E-state index contributed by atoms with van der Waals surface area (Å²) in [5.74, 6) is -0.262. The fourth-order valence-corrected chi connectivity index (χ4v) is 2.78. The molecule has 0 saturated heterocycles. The van der Waals surface area contributed by atoms with Crippen molar-refractivity contribution in [2.45, 2.75) is 13.8 Å². The summed E-state index contributed by atoms with van der Waals surface area (Å²) in [4.78, 5) is 12.3. The molecule has 6 nitrogen and oxygen atoms in total. The molecule has 112 valence electrons. The first-order valence-electron chi connectivity index (χ1n) is 6.46. The third-order valence-electron chi connectivity index (χ3n) is 3.05. The van der Waals surface area contributed by atoms with Crippen molar-refractivity contribution < 1.29 is 4.79 Å². The first kappa shape index (κ1) is 14.7. The van der Waals surface area contributed by atoms with Crippen LogP contribution in [0.5, 0.6) is 0 Å². The average Bonchev–Trinajstić information content (AvgIpc) is 3.05. The number of hydrogen-bond acceptors (Lipinski definition) is 5. The summed E-state index contributed by atoms with van der Waals surface area (Å²) in [5.41, 5.74) is 2.00. The van der Waals surface area contributed by atoms with Gasteiger partial charge in [-0.05, 0) is 32.0 Å². The van der Waals surface area contributed by atoms with E-state index in [2.05, 4.69) is 20.6 Å². The quantitative estimate of drug-likeness (QED) is 0.798. The topological polar surface area (TPSA) is 72.7 Å². The molecule has 8 heteroatoms. The number of halogens is 1. The number of amides is 1. The SMILES string of the molecule is Cc1nnc(NC(=O)c2cnn(-c3cccc(Cl)c3)c2C)s1. The summed E-state index contributed by atoms with van der Waals surface area (Å²) in [5, 5.41) is 16.6. The van der Waals surface area contributed by atoms with Gasteiger partial charge >= 0.3 is 0 Å². The summed E-state index contributed by atoms with van der Waals surface area (Å²) >= 11 is 7.31. The summed E-state index contributed by atoms with van der Waals surface area (Å²) in [7, 11) is 0. The Hall–Kier alpha value is -2.25. The first-order valence-corrected chi connectivity index (χ1v) is 7.66. The van der Waals surface area contributed by atoms with Gasteiger partial charge in [0.15, 0.2) is 0 Å². The molecule has 2 heterocycles. The van der Waals surface area contributed by atoms with Crippen LogP contribution in [0.1, 0.15) is 21.1 Å². The van der Waals surface area contributed by atoms with E-state index >= 15 is 0 Å². The standard InChI is InChI=1S/C14H12ClN5OS/c1-8-12(13(21)17-14-19-18-9(2)22-14)7-16-20(8)11-5-3-4-10(15)6-11/h3-7H,1-2H3,(H,17,19,21). The number of benzene rings is 1. The van der Waals surface area contributed by atoms with Gasteiger partial charge in [-0.15, -0.1) is 10.2 Å². The van der Waals surface area contributed by atoms with Crippen LogP contribution >= 0.6 is 22.9 Å². The van der Waals surface area contributed by atoms with Gasteiger partial charge in [0.2, 0.25) is 5.13 Å². The second-order valence-corrected chi connectivity index (χ2v) is 6.23. The van der Waals surface area contributed by atoms with Crippen molar-refractivity contribution in [2.75, 3.05) is 5.32 Å². The molecular weight excluding hydrogens is 322 g/mol. The van der Waals surface area contributed by atoms with Gasteiger partial charge in [0.1, 0.15) is 5.01 Å². The van der Waals surface area contributed by atoms with E-state index in [-0.39, 0.29) is 5.91 Å². The van der Waals surface area contributed by atoms with Crippen molar-refractivity contribution in [3.05, 3.63) is 51.7 Å². The van der Waals surface area contributed by atoms with E-state index in [1.54, 1.807) is 16.8 Å². The van der Waals surface area contributed by atoms with E-state index < -0.39 is 0 Å². The van der Waals surface area contributed by atoms with Crippen LogP contribution < -0.4 is 5.32 Å². The second kappa shape index (κ2) is 5.86. The Bertz CT molecular complexity index is 841. The molecule has 0 unspecified atom stereocenters. The van der Waals surface area contributed by atoms with E-state index in [0.717, 1.165) is 16.4 Å². The second-order valence-electron chi connectivity index (χ2n) is 4.62. The Morgan fingerprint density at radius 3 is 2.82 bits per heavy atom. The van der Waals surface area contributed by atoms with Crippen molar-refractivity contribution in [3.8, 4) is 5.69 Å². The molecule has 0 aliphatic heterocycles. The number of carbonyl (C=O) groups excluding carboxylic acids is 1. The lowest BCUT2D eigenvalue weighted by molar-refractivity contribution is 0.102. The molecule has 22 heavy (non-hydrogen) atoms. The lowest BCUT2D eigenvalue weighted by Crippen LogP contribution is -2.13. The molecule has 0 aliphatic rings. The normalized spacial score (nSPS) is 10.7. The van der Waals surface area contributed by atoms with Gasteiger partial charge in [-0.2, -0.15) is 5.10 Å². The Balaban J connectivity index is 1.88. The molecule has 1 aromatic carbocycles. The zero-order valence-electron chi connectivity index (χ0n) is 11.9. The lowest BCUT2D eigenvalue weighted by Gasteiger charge is -2.05. The fraction of sp³-hybridized carbons (Fsp3) is 0.143. The number of nitrogens with one attached hydrogen (secondary N) is 1. The largest absolute Gasteiger partial charge is 0.296 e. The summed E-state index contributed by atoms with van der Waals surface area (Å²) in [6, 6.07) is 7.29. The monoisotopic (exact) mass is 333 g/mol. The number of aromatic nitrogens is 4. The van der Waals surface area contributed by atoms with Gasteiger partial charge in [-0.1, -0.05) is 29.0 Å². The van der Waals surface area contributed by atoms with Gasteiger partial charge in [0.25, 0.3) is 5.91 Å². The molecule has 0 aliphatic carbocycles.